The highest BCUT2D eigenvalue weighted by Crippen LogP contribution is 2.25. The molecule has 1 aliphatic carbocycles. The average Bonchev–Trinajstić information content (AvgIpc) is 2.86. The van der Waals surface area contributed by atoms with Gasteiger partial charge in [-0.05, 0) is 37.2 Å². The van der Waals surface area contributed by atoms with Crippen LogP contribution in [0.15, 0.2) is 0 Å². The summed E-state index contributed by atoms with van der Waals surface area (Å²) in [5.74, 6) is 0.339. The molecule has 2 amide bonds. The maximum absolute atomic E-state index is 12.0. The maximum Gasteiger partial charge on any atom is 0.326 e. The molecule has 110 valence electrons. The largest absolute Gasteiger partial charge is 0.480 e. The number of hydrogen-bond donors (Lipinski definition) is 2. The Balaban J connectivity index is 2.38. The maximum atomic E-state index is 12.0. The van der Waals surface area contributed by atoms with Crippen molar-refractivity contribution in [2.75, 3.05) is 25.6 Å². The van der Waals surface area contributed by atoms with E-state index in [-0.39, 0.29) is 6.03 Å². The number of thioether (sulfide) groups is 1. The highest BCUT2D eigenvalue weighted by Gasteiger charge is 2.23. The molecule has 0 aromatic rings. The van der Waals surface area contributed by atoms with Crippen LogP contribution in [0.1, 0.15) is 32.1 Å². The number of nitrogens with zero attached hydrogens (tertiary/aromatic N) is 1. The van der Waals surface area contributed by atoms with Gasteiger partial charge in [0.05, 0.1) is 0 Å². The lowest BCUT2D eigenvalue weighted by atomic mass is 10.1. The molecular formula is C13H24N2O3S. The van der Waals surface area contributed by atoms with Crippen LogP contribution in [0.5, 0.6) is 0 Å². The van der Waals surface area contributed by atoms with E-state index in [0.29, 0.717) is 12.3 Å². The fourth-order valence-corrected chi connectivity index (χ4v) is 2.89. The first-order chi connectivity index (χ1) is 9.04. The normalized spacial score (nSPS) is 17.2. The SMILES string of the molecule is CSCC[C@H](NC(=O)N(C)CC1CCCC1)C(=O)O. The fraction of sp³-hybridized carbons (Fsp3) is 0.846. The molecule has 0 aliphatic heterocycles. The van der Waals surface area contributed by atoms with Gasteiger partial charge in [-0.25, -0.2) is 9.59 Å². The quantitative estimate of drug-likeness (QED) is 0.752. The molecule has 19 heavy (non-hydrogen) atoms. The second-order valence-electron chi connectivity index (χ2n) is 5.15. The standard InChI is InChI=1S/C13H24N2O3S/c1-15(9-10-5-3-4-6-10)13(18)14-11(12(16)17)7-8-19-2/h10-11H,3-9H2,1-2H3,(H,14,18)(H,16,17)/t11-/m0/s1. The van der Waals surface area contributed by atoms with Crippen molar-refractivity contribution in [1.82, 2.24) is 10.2 Å². The van der Waals surface area contributed by atoms with Crippen molar-refractivity contribution < 1.29 is 14.7 Å². The van der Waals surface area contributed by atoms with Gasteiger partial charge < -0.3 is 15.3 Å². The lowest BCUT2D eigenvalue weighted by Gasteiger charge is -2.23. The molecule has 1 rings (SSSR count). The van der Waals surface area contributed by atoms with Crippen molar-refractivity contribution in [3.05, 3.63) is 0 Å². The number of carbonyl (C=O) groups excluding carboxylic acids is 1. The number of urea groups is 1. The zero-order valence-electron chi connectivity index (χ0n) is 11.7. The summed E-state index contributed by atoms with van der Waals surface area (Å²) >= 11 is 1.58. The summed E-state index contributed by atoms with van der Waals surface area (Å²) in [5, 5.41) is 11.7. The van der Waals surface area contributed by atoms with Crippen molar-refractivity contribution in [3.63, 3.8) is 0 Å². The second kappa shape index (κ2) is 8.30. The highest BCUT2D eigenvalue weighted by atomic mass is 32.2. The van der Waals surface area contributed by atoms with E-state index in [2.05, 4.69) is 5.32 Å². The van der Waals surface area contributed by atoms with Gasteiger partial charge in [0, 0.05) is 13.6 Å². The van der Waals surface area contributed by atoms with Gasteiger partial charge in [-0.15, -0.1) is 0 Å². The molecule has 1 fully saturated rings. The first-order valence-corrected chi connectivity index (χ1v) is 8.17. The number of carboxylic acids is 1. The van der Waals surface area contributed by atoms with Gasteiger partial charge in [-0.2, -0.15) is 11.8 Å². The fourth-order valence-electron chi connectivity index (χ4n) is 2.42. The number of aliphatic carboxylic acids is 1. The molecule has 0 spiro atoms. The molecule has 2 N–H and O–H groups in total. The minimum absolute atomic E-state index is 0.277. The van der Waals surface area contributed by atoms with Crippen LogP contribution in [-0.2, 0) is 4.79 Å². The molecule has 1 atom stereocenters. The highest BCUT2D eigenvalue weighted by molar-refractivity contribution is 7.98. The Labute approximate surface area is 119 Å². The molecule has 0 heterocycles. The van der Waals surface area contributed by atoms with Gasteiger partial charge in [-0.1, -0.05) is 12.8 Å². The zero-order valence-corrected chi connectivity index (χ0v) is 12.5. The van der Waals surface area contributed by atoms with E-state index in [1.807, 2.05) is 6.26 Å². The number of rotatable bonds is 7. The number of carboxylic acid groups (broad SMARTS) is 1. The summed E-state index contributed by atoms with van der Waals surface area (Å²) in [6.07, 6.45) is 7.21. The molecule has 1 aliphatic rings. The number of hydrogen-bond acceptors (Lipinski definition) is 3. The van der Waals surface area contributed by atoms with Crippen LogP contribution < -0.4 is 5.32 Å². The Kier molecular flexibility index (Phi) is 7.05. The Morgan fingerprint density at radius 1 is 1.42 bits per heavy atom. The first-order valence-electron chi connectivity index (χ1n) is 6.78. The average molecular weight is 288 g/mol. The second-order valence-corrected chi connectivity index (χ2v) is 6.14. The van der Waals surface area contributed by atoms with E-state index in [1.165, 1.54) is 25.7 Å². The summed E-state index contributed by atoms with van der Waals surface area (Å²) in [6.45, 7) is 0.723. The molecular weight excluding hydrogens is 264 g/mol. The first kappa shape index (κ1) is 16.1. The van der Waals surface area contributed by atoms with Gasteiger partial charge in [0.25, 0.3) is 0 Å². The Morgan fingerprint density at radius 2 is 2.05 bits per heavy atom. The Bertz CT molecular complexity index is 306. The van der Waals surface area contributed by atoms with E-state index >= 15 is 0 Å². The van der Waals surface area contributed by atoms with Crippen LogP contribution in [-0.4, -0.2) is 53.6 Å². The van der Waals surface area contributed by atoms with Crippen LogP contribution in [0.4, 0.5) is 4.79 Å². The summed E-state index contributed by atoms with van der Waals surface area (Å²) < 4.78 is 0. The molecule has 0 aromatic carbocycles. The predicted molar refractivity (Wildman–Crippen MR) is 77.5 cm³/mol. The Morgan fingerprint density at radius 3 is 2.58 bits per heavy atom. The number of nitrogens with one attached hydrogen (secondary N) is 1. The van der Waals surface area contributed by atoms with Crippen LogP contribution in [0.2, 0.25) is 0 Å². The molecule has 0 bridgehead atoms. The zero-order chi connectivity index (χ0) is 14.3. The van der Waals surface area contributed by atoms with Crippen LogP contribution >= 0.6 is 11.8 Å². The van der Waals surface area contributed by atoms with Crippen LogP contribution in [0.3, 0.4) is 0 Å². The van der Waals surface area contributed by atoms with E-state index < -0.39 is 12.0 Å². The van der Waals surface area contributed by atoms with Crippen LogP contribution in [0, 0.1) is 5.92 Å². The smallest absolute Gasteiger partial charge is 0.326 e. The van der Waals surface area contributed by atoms with Crippen molar-refractivity contribution in [2.45, 2.75) is 38.1 Å². The third-order valence-electron chi connectivity index (χ3n) is 3.56. The van der Waals surface area contributed by atoms with Gasteiger partial charge in [0.15, 0.2) is 0 Å². The van der Waals surface area contributed by atoms with Gasteiger partial charge in [-0.3, -0.25) is 0 Å². The molecule has 0 saturated heterocycles. The third-order valence-corrected chi connectivity index (χ3v) is 4.20. The van der Waals surface area contributed by atoms with Crippen molar-refractivity contribution in [2.24, 2.45) is 5.92 Å². The number of carbonyl (C=O) groups is 2. The predicted octanol–water partition coefficient (Wildman–Crippen LogP) is 2.02. The lowest BCUT2D eigenvalue weighted by Crippen LogP contribution is -2.47. The van der Waals surface area contributed by atoms with Crippen molar-refractivity contribution in [3.8, 4) is 0 Å². The van der Waals surface area contributed by atoms with E-state index in [4.69, 9.17) is 5.11 Å². The Hall–Kier alpha value is -0.910. The topological polar surface area (TPSA) is 69.6 Å². The molecule has 0 unspecified atom stereocenters. The lowest BCUT2D eigenvalue weighted by molar-refractivity contribution is -0.139. The summed E-state index contributed by atoms with van der Waals surface area (Å²) in [6, 6.07) is -1.06. The molecule has 1 saturated carbocycles. The van der Waals surface area contributed by atoms with Gasteiger partial charge >= 0.3 is 12.0 Å². The van der Waals surface area contributed by atoms with E-state index in [1.54, 1.807) is 23.7 Å². The van der Waals surface area contributed by atoms with Gasteiger partial charge in [0.2, 0.25) is 0 Å². The van der Waals surface area contributed by atoms with Crippen molar-refractivity contribution in [1.29, 1.82) is 0 Å². The summed E-state index contributed by atoms with van der Waals surface area (Å²) in [7, 11) is 1.74. The number of amides is 2. The minimum Gasteiger partial charge on any atom is -0.480 e. The summed E-state index contributed by atoms with van der Waals surface area (Å²) in [5.41, 5.74) is 0. The molecule has 0 aromatic heterocycles. The van der Waals surface area contributed by atoms with E-state index in [9.17, 15) is 9.59 Å². The molecule has 5 nitrogen and oxygen atoms in total. The summed E-state index contributed by atoms with van der Waals surface area (Å²) in [4.78, 5) is 24.6. The molecule has 0 radical (unpaired) electrons. The molecule has 6 heteroatoms. The minimum atomic E-state index is -0.961. The monoisotopic (exact) mass is 288 g/mol. The van der Waals surface area contributed by atoms with E-state index in [0.717, 1.165) is 12.3 Å². The van der Waals surface area contributed by atoms with Crippen molar-refractivity contribution >= 4 is 23.8 Å². The van der Waals surface area contributed by atoms with Gasteiger partial charge in [0.1, 0.15) is 6.04 Å². The third kappa shape index (κ3) is 5.72. The van der Waals surface area contributed by atoms with Crippen LogP contribution in [0.25, 0.3) is 0 Å².